The standard InChI is InChI=1S/C19H14N2O/c22-17-11-10-16-9-8-15-7-4-12-20-18(15)19(16)21(17)13-14-5-2-1-3-6-14/h1-12H,13H2. The van der Waals surface area contributed by atoms with Gasteiger partial charge in [-0.05, 0) is 17.7 Å². The SMILES string of the molecule is O=c1ccc2ccc3cccnc3c2n1Cc1ccccc1. The van der Waals surface area contributed by atoms with E-state index in [2.05, 4.69) is 4.98 Å². The average molecular weight is 286 g/mol. The molecule has 106 valence electrons. The number of aromatic nitrogens is 2. The van der Waals surface area contributed by atoms with Gasteiger partial charge in [-0.1, -0.05) is 48.5 Å². The Morgan fingerprint density at radius 2 is 1.59 bits per heavy atom. The fourth-order valence-electron chi connectivity index (χ4n) is 2.85. The molecule has 0 saturated carbocycles. The number of nitrogens with zero attached hydrogens (tertiary/aromatic N) is 2. The van der Waals surface area contributed by atoms with E-state index in [1.807, 2.05) is 60.7 Å². The highest BCUT2D eigenvalue weighted by atomic mass is 16.1. The number of benzene rings is 2. The van der Waals surface area contributed by atoms with Gasteiger partial charge >= 0.3 is 0 Å². The molecule has 0 spiro atoms. The van der Waals surface area contributed by atoms with E-state index in [1.54, 1.807) is 16.8 Å². The van der Waals surface area contributed by atoms with Crippen LogP contribution in [-0.2, 0) is 6.54 Å². The normalized spacial score (nSPS) is 11.1. The summed E-state index contributed by atoms with van der Waals surface area (Å²) in [6.07, 6.45) is 1.77. The molecule has 0 aliphatic rings. The molecular weight excluding hydrogens is 272 g/mol. The second kappa shape index (κ2) is 5.11. The second-order valence-corrected chi connectivity index (χ2v) is 5.32. The molecule has 0 fully saturated rings. The molecule has 0 radical (unpaired) electrons. The van der Waals surface area contributed by atoms with Crippen molar-refractivity contribution in [3.63, 3.8) is 0 Å². The van der Waals surface area contributed by atoms with E-state index in [0.717, 1.165) is 27.4 Å². The van der Waals surface area contributed by atoms with Crippen LogP contribution in [-0.4, -0.2) is 9.55 Å². The summed E-state index contributed by atoms with van der Waals surface area (Å²) in [4.78, 5) is 16.9. The van der Waals surface area contributed by atoms with E-state index in [4.69, 9.17) is 0 Å². The number of hydrogen-bond acceptors (Lipinski definition) is 2. The van der Waals surface area contributed by atoms with E-state index in [0.29, 0.717) is 6.54 Å². The van der Waals surface area contributed by atoms with E-state index in [-0.39, 0.29) is 5.56 Å². The summed E-state index contributed by atoms with van der Waals surface area (Å²) < 4.78 is 1.81. The van der Waals surface area contributed by atoms with Crippen LogP contribution in [0.3, 0.4) is 0 Å². The summed E-state index contributed by atoms with van der Waals surface area (Å²) in [6.45, 7) is 0.548. The van der Waals surface area contributed by atoms with Crippen molar-refractivity contribution in [3.8, 4) is 0 Å². The molecule has 3 nitrogen and oxygen atoms in total. The van der Waals surface area contributed by atoms with Crippen LogP contribution in [0, 0.1) is 0 Å². The molecule has 4 rings (SSSR count). The Hall–Kier alpha value is -2.94. The van der Waals surface area contributed by atoms with Crippen molar-refractivity contribution in [2.24, 2.45) is 0 Å². The van der Waals surface area contributed by atoms with Gasteiger partial charge in [0.15, 0.2) is 0 Å². The summed E-state index contributed by atoms with van der Waals surface area (Å²) in [5.74, 6) is 0. The Bertz CT molecular complexity index is 1020. The van der Waals surface area contributed by atoms with Crippen molar-refractivity contribution < 1.29 is 0 Å². The van der Waals surface area contributed by atoms with Gasteiger partial charge < -0.3 is 4.57 Å². The van der Waals surface area contributed by atoms with Crippen molar-refractivity contribution in [3.05, 3.63) is 88.8 Å². The lowest BCUT2D eigenvalue weighted by molar-refractivity contribution is 0.796. The van der Waals surface area contributed by atoms with Gasteiger partial charge in [-0.25, -0.2) is 0 Å². The van der Waals surface area contributed by atoms with E-state index in [9.17, 15) is 4.79 Å². The van der Waals surface area contributed by atoms with Gasteiger partial charge in [0.2, 0.25) is 0 Å². The summed E-state index contributed by atoms with van der Waals surface area (Å²) in [5, 5.41) is 2.07. The molecule has 0 N–H and O–H groups in total. The summed E-state index contributed by atoms with van der Waals surface area (Å²) >= 11 is 0. The van der Waals surface area contributed by atoms with Crippen LogP contribution in [0.25, 0.3) is 21.8 Å². The smallest absolute Gasteiger partial charge is 0.251 e. The third-order valence-corrected chi connectivity index (χ3v) is 3.90. The molecule has 22 heavy (non-hydrogen) atoms. The monoisotopic (exact) mass is 286 g/mol. The molecule has 0 bridgehead atoms. The molecule has 4 aromatic rings. The molecule has 0 amide bonds. The number of fused-ring (bicyclic) bond motifs is 3. The topological polar surface area (TPSA) is 34.9 Å². The first-order valence-electron chi connectivity index (χ1n) is 7.24. The minimum atomic E-state index is -0.00509. The van der Waals surface area contributed by atoms with Crippen molar-refractivity contribution in [2.75, 3.05) is 0 Å². The Morgan fingerprint density at radius 1 is 0.818 bits per heavy atom. The molecule has 0 atom stereocenters. The van der Waals surface area contributed by atoms with Crippen LogP contribution in [0.2, 0.25) is 0 Å². The van der Waals surface area contributed by atoms with Crippen molar-refractivity contribution >= 4 is 21.8 Å². The highest BCUT2D eigenvalue weighted by Crippen LogP contribution is 2.22. The Balaban J connectivity index is 2.05. The molecule has 0 saturated heterocycles. The lowest BCUT2D eigenvalue weighted by Crippen LogP contribution is -2.20. The Morgan fingerprint density at radius 3 is 2.45 bits per heavy atom. The lowest BCUT2D eigenvalue weighted by Gasteiger charge is -2.12. The third-order valence-electron chi connectivity index (χ3n) is 3.90. The van der Waals surface area contributed by atoms with Crippen LogP contribution in [0.1, 0.15) is 5.56 Å². The maximum atomic E-state index is 12.4. The van der Waals surface area contributed by atoms with Gasteiger partial charge in [-0.15, -0.1) is 0 Å². The summed E-state index contributed by atoms with van der Waals surface area (Å²) in [5.41, 5.74) is 2.86. The molecule has 2 aromatic heterocycles. The molecule has 2 aromatic carbocycles. The predicted octanol–water partition coefficient (Wildman–Crippen LogP) is 3.60. The fraction of sp³-hybridized carbons (Fsp3) is 0.0526. The highest BCUT2D eigenvalue weighted by molar-refractivity contribution is 6.02. The summed E-state index contributed by atoms with van der Waals surface area (Å²) in [6, 6.07) is 21.5. The number of rotatable bonds is 2. The molecule has 3 heteroatoms. The molecular formula is C19H14N2O. The molecule has 0 unspecified atom stereocenters. The van der Waals surface area contributed by atoms with Gasteiger partial charge in [0.05, 0.1) is 17.6 Å². The van der Waals surface area contributed by atoms with E-state index < -0.39 is 0 Å². The van der Waals surface area contributed by atoms with Crippen LogP contribution < -0.4 is 5.56 Å². The number of hydrogen-bond donors (Lipinski definition) is 0. The second-order valence-electron chi connectivity index (χ2n) is 5.32. The maximum absolute atomic E-state index is 12.4. The van der Waals surface area contributed by atoms with Crippen LogP contribution in [0.4, 0.5) is 0 Å². The Labute approximate surface area is 127 Å². The van der Waals surface area contributed by atoms with Crippen molar-refractivity contribution in [1.82, 2.24) is 9.55 Å². The summed E-state index contributed by atoms with van der Waals surface area (Å²) in [7, 11) is 0. The maximum Gasteiger partial charge on any atom is 0.251 e. The van der Waals surface area contributed by atoms with Crippen LogP contribution in [0.5, 0.6) is 0 Å². The first kappa shape index (κ1) is 12.8. The zero-order valence-corrected chi connectivity index (χ0v) is 11.9. The van der Waals surface area contributed by atoms with Gasteiger partial charge in [-0.3, -0.25) is 9.78 Å². The molecule has 0 aliphatic heterocycles. The minimum absolute atomic E-state index is 0.00509. The van der Waals surface area contributed by atoms with Crippen molar-refractivity contribution in [2.45, 2.75) is 6.54 Å². The first-order valence-corrected chi connectivity index (χ1v) is 7.24. The van der Waals surface area contributed by atoms with Gasteiger partial charge in [0, 0.05) is 23.0 Å². The van der Waals surface area contributed by atoms with E-state index >= 15 is 0 Å². The van der Waals surface area contributed by atoms with E-state index in [1.165, 1.54) is 0 Å². The minimum Gasteiger partial charge on any atom is -0.302 e. The van der Waals surface area contributed by atoms with Crippen LogP contribution >= 0.6 is 0 Å². The van der Waals surface area contributed by atoms with Gasteiger partial charge in [0.25, 0.3) is 5.56 Å². The lowest BCUT2D eigenvalue weighted by atomic mass is 10.1. The van der Waals surface area contributed by atoms with Gasteiger partial charge in [-0.2, -0.15) is 0 Å². The molecule has 2 heterocycles. The molecule has 0 aliphatic carbocycles. The van der Waals surface area contributed by atoms with Crippen molar-refractivity contribution in [1.29, 1.82) is 0 Å². The van der Waals surface area contributed by atoms with Crippen LogP contribution in [0.15, 0.2) is 77.7 Å². The predicted molar refractivity (Wildman–Crippen MR) is 89.1 cm³/mol. The zero-order chi connectivity index (χ0) is 14.9. The number of pyridine rings is 2. The Kier molecular flexibility index (Phi) is 2.97. The zero-order valence-electron chi connectivity index (χ0n) is 11.9. The largest absolute Gasteiger partial charge is 0.302 e. The van der Waals surface area contributed by atoms with Gasteiger partial charge in [0.1, 0.15) is 0 Å². The third kappa shape index (κ3) is 2.07. The fourth-order valence-corrected chi connectivity index (χ4v) is 2.85. The first-order chi connectivity index (χ1) is 10.8. The highest BCUT2D eigenvalue weighted by Gasteiger charge is 2.08. The quantitative estimate of drug-likeness (QED) is 0.528. The average Bonchev–Trinajstić information content (AvgIpc) is 2.58.